The summed E-state index contributed by atoms with van der Waals surface area (Å²) in [6.07, 6.45) is 0.738. The first-order valence-corrected chi connectivity index (χ1v) is 5.92. The van der Waals surface area contributed by atoms with Gasteiger partial charge in [-0.1, -0.05) is 36.3 Å². The molecular formula is C16H12O3. The Kier molecular flexibility index (Phi) is 3.94. The highest BCUT2D eigenvalue weighted by Gasteiger charge is 2.05. The van der Waals surface area contributed by atoms with Crippen LogP contribution in [0, 0.1) is 11.8 Å². The number of benzene rings is 2. The molecule has 0 aliphatic carbocycles. The van der Waals surface area contributed by atoms with Gasteiger partial charge in [-0.15, -0.1) is 0 Å². The average molecular weight is 252 g/mol. The molecule has 0 saturated heterocycles. The Balaban J connectivity index is 2.56. The van der Waals surface area contributed by atoms with Gasteiger partial charge in [0.05, 0.1) is 6.61 Å². The molecule has 2 aromatic carbocycles. The minimum Gasteiger partial charge on any atom is -0.456 e. The summed E-state index contributed by atoms with van der Waals surface area (Å²) in [6.45, 7) is 2.00. The van der Waals surface area contributed by atoms with Gasteiger partial charge in [0.2, 0.25) is 0 Å². The fourth-order valence-electron chi connectivity index (χ4n) is 1.81. The van der Waals surface area contributed by atoms with Gasteiger partial charge in [-0.25, -0.2) is 4.79 Å². The number of carbonyl (C=O) groups is 2. The third kappa shape index (κ3) is 2.80. The van der Waals surface area contributed by atoms with Crippen LogP contribution in [0.15, 0.2) is 36.4 Å². The number of fused-ring (bicyclic) bond motifs is 1. The highest BCUT2D eigenvalue weighted by Crippen LogP contribution is 2.20. The second-order valence-electron chi connectivity index (χ2n) is 3.84. The molecule has 0 N–H and O–H groups in total. The summed E-state index contributed by atoms with van der Waals surface area (Å²) in [7, 11) is 0. The summed E-state index contributed by atoms with van der Waals surface area (Å²) in [5.74, 6) is 4.54. The average Bonchev–Trinajstić information content (AvgIpc) is 2.44. The second-order valence-corrected chi connectivity index (χ2v) is 3.84. The quantitative estimate of drug-likeness (QED) is 0.468. The molecule has 2 rings (SSSR count). The largest absolute Gasteiger partial charge is 0.456 e. The predicted molar refractivity (Wildman–Crippen MR) is 72.8 cm³/mol. The Morgan fingerprint density at radius 2 is 2.05 bits per heavy atom. The monoisotopic (exact) mass is 252 g/mol. The Morgan fingerprint density at radius 3 is 2.79 bits per heavy atom. The van der Waals surface area contributed by atoms with Crippen molar-refractivity contribution < 1.29 is 14.3 Å². The lowest BCUT2D eigenvalue weighted by Gasteiger charge is -2.03. The predicted octanol–water partition coefficient (Wildman–Crippen LogP) is 2.57. The Labute approximate surface area is 111 Å². The van der Waals surface area contributed by atoms with Crippen molar-refractivity contribution in [3.8, 4) is 11.8 Å². The maximum atomic E-state index is 11.3. The van der Waals surface area contributed by atoms with E-state index in [4.69, 9.17) is 4.74 Å². The molecule has 0 unspecified atom stereocenters. The summed E-state index contributed by atoms with van der Waals surface area (Å²) >= 11 is 0. The van der Waals surface area contributed by atoms with Crippen LogP contribution in [0.1, 0.15) is 22.8 Å². The van der Waals surface area contributed by atoms with Crippen LogP contribution in [0.4, 0.5) is 0 Å². The normalized spacial score (nSPS) is 9.53. The Bertz CT molecular complexity index is 690. The van der Waals surface area contributed by atoms with Gasteiger partial charge in [0, 0.05) is 17.0 Å². The third-order valence-corrected chi connectivity index (χ3v) is 2.65. The lowest BCUT2D eigenvalue weighted by Crippen LogP contribution is -2.00. The SMILES string of the molecule is CCOC(=O)C#Cc1c(C=O)ccc2ccccc12. The van der Waals surface area contributed by atoms with Crippen molar-refractivity contribution in [2.24, 2.45) is 0 Å². The molecule has 0 spiro atoms. The van der Waals surface area contributed by atoms with Crippen molar-refractivity contribution in [2.45, 2.75) is 6.92 Å². The van der Waals surface area contributed by atoms with E-state index in [2.05, 4.69) is 11.8 Å². The third-order valence-electron chi connectivity index (χ3n) is 2.65. The summed E-state index contributed by atoms with van der Waals surface area (Å²) in [5, 5.41) is 1.82. The first-order valence-electron chi connectivity index (χ1n) is 5.92. The number of rotatable bonds is 2. The molecule has 0 aliphatic rings. The van der Waals surface area contributed by atoms with Crippen molar-refractivity contribution in [3.05, 3.63) is 47.5 Å². The number of hydrogen-bond acceptors (Lipinski definition) is 3. The van der Waals surface area contributed by atoms with Gasteiger partial charge >= 0.3 is 5.97 Å². The smallest absolute Gasteiger partial charge is 0.384 e. The van der Waals surface area contributed by atoms with Gasteiger partial charge in [-0.05, 0) is 23.8 Å². The van der Waals surface area contributed by atoms with Crippen LogP contribution < -0.4 is 0 Å². The van der Waals surface area contributed by atoms with Crippen LogP contribution >= 0.6 is 0 Å². The minimum absolute atomic E-state index is 0.281. The number of aldehydes is 1. The lowest BCUT2D eigenvalue weighted by atomic mass is 10.00. The van der Waals surface area contributed by atoms with Gasteiger partial charge in [0.25, 0.3) is 0 Å². The molecule has 0 bridgehead atoms. The van der Waals surface area contributed by atoms with E-state index in [9.17, 15) is 9.59 Å². The summed E-state index contributed by atoms with van der Waals surface area (Å²) in [4.78, 5) is 22.3. The zero-order valence-electron chi connectivity index (χ0n) is 10.5. The molecule has 0 radical (unpaired) electrons. The number of ether oxygens (including phenoxy) is 1. The van der Waals surface area contributed by atoms with Gasteiger partial charge < -0.3 is 4.74 Å². The fourth-order valence-corrected chi connectivity index (χ4v) is 1.81. The molecular weight excluding hydrogens is 240 g/mol. The molecule has 0 saturated carbocycles. The van der Waals surface area contributed by atoms with Crippen LogP contribution in [0.5, 0.6) is 0 Å². The van der Waals surface area contributed by atoms with Crippen molar-refractivity contribution in [1.29, 1.82) is 0 Å². The second kappa shape index (κ2) is 5.83. The van der Waals surface area contributed by atoms with E-state index < -0.39 is 5.97 Å². The van der Waals surface area contributed by atoms with E-state index in [1.54, 1.807) is 13.0 Å². The van der Waals surface area contributed by atoms with E-state index in [0.717, 1.165) is 17.1 Å². The molecule has 0 aromatic heterocycles. The molecule has 0 heterocycles. The van der Waals surface area contributed by atoms with E-state index in [1.807, 2.05) is 30.3 Å². The topological polar surface area (TPSA) is 43.4 Å². The maximum Gasteiger partial charge on any atom is 0.384 e. The molecule has 0 amide bonds. The number of esters is 1. The van der Waals surface area contributed by atoms with E-state index in [-0.39, 0.29) is 6.61 Å². The zero-order chi connectivity index (χ0) is 13.7. The van der Waals surface area contributed by atoms with E-state index >= 15 is 0 Å². The van der Waals surface area contributed by atoms with Crippen molar-refractivity contribution in [2.75, 3.05) is 6.61 Å². The molecule has 3 heteroatoms. The number of carbonyl (C=O) groups excluding carboxylic acids is 2. The first-order chi connectivity index (χ1) is 9.26. The van der Waals surface area contributed by atoms with Crippen LogP contribution in [0.2, 0.25) is 0 Å². The number of hydrogen-bond donors (Lipinski definition) is 0. The van der Waals surface area contributed by atoms with Crippen LogP contribution in [0.25, 0.3) is 10.8 Å². The molecule has 0 atom stereocenters. The van der Waals surface area contributed by atoms with E-state index in [0.29, 0.717) is 11.1 Å². The minimum atomic E-state index is -0.590. The van der Waals surface area contributed by atoms with Crippen molar-refractivity contribution >= 4 is 23.0 Å². The first kappa shape index (κ1) is 12.8. The maximum absolute atomic E-state index is 11.3. The standard InChI is InChI=1S/C16H12O3/c1-2-19-16(18)10-9-15-13(11-17)8-7-12-5-3-4-6-14(12)15/h3-8,11H,2H2,1H3. The molecule has 2 aromatic rings. The van der Waals surface area contributed by atoms with Crippen LogP contribution in [-0.2, 0) is 9.53 Å². The Hall–Kier alpha value is -2.60. The van der Waals surface area contributed by atoms with Crippen LogP contribution in [-0.4, -0.2) is 18.9 Å². The fraction of sp³-hybridized carbons (Fsp3) is 0.125. The molecule has 0 aliphatic heterocycles. The Morgan fingerprint density at radius 1 is 1.26 bits per heavy atom. The van der Waals surface area contributed by atoms with Gasteiger partial charge in [-0.2, -0.15) is 0 Å². The molecule has 0 fully saturated rings. The summed E-state index contributed by atoms with van der Waals surface area (Å²) < 4.78 is 4.75. The lowest BCUT2D eigenvalue weighted by molar-refractivity contribution is -0.136. The molecule has 3 nitrogen and oxygen atoms in total. The van der Waals surface area contributed by atoms with Crippen molar-refractivity contribution in [1.82, 2.24) is 0 Å². The zero-order valence-corrected chi connectivity index (χ0v) is 10.5. The van der Waals surface area contributed by atoms with Crippen molar-refractivity contribution in [3.63, 3.8) is 0 Å². The summed E-state index contributed by atoms with van der Waals surface area (Å²) in [6, 6.07) is 11.1. The molecule has 19 heavy (non-hydrogen) atoms. The van der Waals surface area contributed by atoms with Gasteiger partial charge in [-0.3, -0.25) is 4.79 Å². The summed E-state index contributed by atoms with van der Waals surface area (Å²) in [5.41, 5.74) is 1.02. The van der Waals surface area contributed by atoms with E-state index in [1.165, 1.54) is 0 Å². The highest BCUT2D eigenvalue weighted by atomic mass is 16.5. The highest BCUT2D eigenvalue weighted by molar-refractivity contribution is 5.98. The van der Waals surface area contributed by atoms with Gasteiger partial charge in [0.1, 0.15) is 0 Å². The van der Waals surface area contributed by atoms with Gasteiger partial charge in [0.15, 0.2) is 6.29 Å². The molecule has 94 valence electrons. The van der Waals surface area contributed by atoms with Crippen LogP contribution in [0.3, 0.4) is 0 Å².